The Labute approximate surface area is 88.0 Å². The lowest BCUT2D eigenvalue weighted by atomic mass is 10.2. The number of hydrogen-bond donors (Lipinski definition) is 0. The van der Waals surface area contributed by atoms with Gasteiger partial charge in [-0.15, -0.1) is 0 Å². The Balaban J connectivity index is 2.09. The van der Waals surface area contributed by atoms with Crippen molar-refractivity contribution in [3.63, 3.8) is 0 Å². The largest absolute Gasteiger partial charge is 0.385 e. The average molecular weight is 200 g/mol. The van der Waals surface area contributed by atoms with Crippen LogP contribution in [0.25, 0.3) is 0 Å². The van der Waals surface area contributed by atoms with E-state index < -0.39 is 0 Å². The molecule has 0 radical (unpaired) electrons. The van der Waals surface area contributed by atoms with Crippen molar-refractivity contribution >= 4 is 0 Å². The molecule has 0 aromatic heterocycles. The fourth-order valence-corrected chi connectivity index (χ4v) is 1.94. The maximum absolute atomic E-state index is 5.06. The smallest absolute Gasteiger partial charge is 0.0474 e. The summed E-state index contributed by atoms with van der Waals surface area (Å²) in [7, 11) is 1.77. The topological polar surface area (TPSA) is 15.7 Å². The van der Waals surface area contributed by atoms with Crippen LogP contribution in [0.1, 0.15) is 20.3 Å². The highest BCUT2D eigenvalue weighted by molar-refractivity contribution is 4.73. The standard InChI is InChI=1S/C11H24N2O/c1-11(2)13-8-6-12(7-9-13)5-4-10-14-3/h11H,4-10H2,1-3H3. The lowest BCUT2D eigenvalue weighted by molar-refractivity contribution is 0.0983. The zero-order chi connectivity index (χ0) is 10.4. The van der Waals surface area contributed by atoms with E-state index in [1.54, 1.807) is 7.11 Å². The van der Waals surface area contributed by atoms with Crippen molar-refractivity contribution < 1.29 is 4.74 Å². The molecular weight excluding hydrogens is 176 g/mol. The van der Waals surface area contributed by atoms with Gasteiger partial charge in [-0.25, -0.2) is 0 Å². The molecule has 1 heterocycles. The first kappa shape index (κ1) is 12.0. The second-order valence-corrected chi connectivity index (χ2v) is 4.32. The zero-order valence-corrected chi connectivity index (χ0v) is 9.83. The van der Waals surface area contributed by atoms with Crippen LogP contribution in [0.3, 0.4) is 0 Å². The van der Waals surface area contributed by atoms with Crippen LogP contribution in [0.4, 0.5) is 0 Å². The summed E-state index contributed by atoms with van der Waals surface area (Å²) in [5.41, 5.74) is 0. The van der Waals surface area contributed by atoms with Gasteiger partial charge in [-0.05, 0) is 20.3 Å². The maximum atomic E-state index is 5.06. The molecule has 1 saturated heterocycles. The predicted molar refractivity (Wildman–Crippen MR) is 59.6 cm³/mol. The van der Waals surface area contributed by atoms with Crippen LogP contribution in [0.15, 0.2) is 0 Å². The van der Waals surface area contributed by atoms with Gasteiger partial charge in [-0.2, -0.15) is 0 Å². The molecule has 0 aromatic carbocycles. The van der Waals surface area contributed by atoms with Gasteiger partial charge in [0, 0.05) is 52.5 Å². The number of nitrogens with zero attached hydrogens (tertiary/aromatic N) is 2. The highest BCUT2D eigenvalue weighted by Gasteiger charge is 2.17. The molecule has 0 aliphatic carbocycles. The second kappa shape index (κ2) is 6.38. The fraction of sp³-hybridized carbons (Fsp3) is 1.00. The molecule has 0 aromatic rings. The van der Waals surface area contributed by atoms with Crippen LogP contribution < -0.4 is 0 Å². The molecule has 1 rings (SSSR count). The lowest BCUT2D eigenvalue weighted by Crippen LogP contribution is -2.49. The van der Waals surface area contributed by atoms with Gasteiger partial charge in [0.25, 0.3) is 0 Å². The summed E-state index contributed by atoms with van der Waals surface area (Å²) in [6.07, 6.45) is 1.16. The molecule has 0 bridgehead atoms. The highest BCUT2D eigenvalue weighted by atomic mass is 16.5. The van der Waals surface area contributed by atoms with Crippen LogP contribution in [-0.4, -0.2) is 62.3 Å². The van der Waals surface area contributed by atoms with E-state index in [2.05, 4.69) is 23.6 Å². The summed E-state index contributed by atoms with van der Waals surface area (Å²) >= 11 is 0. The second-order valence-electron chi connectivity index (χ2n) is 4.32. The molecule has 14 heavy (non-hydrogen) atoms. The van der Waals surface area contributed by atoms with Gasteiger partial charge < -0.3 is 9.64 Å². The van der Waals surface area contributed by atoms with E-state index in [1.807, 2.05) is 0 Å². The third kappa shape index (κ3) is 3.95. The molecular formula is C11H24N2O. The normalized spacial score (nSPS) is 20.6. The van der Waals surface area contributed by atoms with Crippen molar-refractivity contribution in [1.82, 2.24) is 9.80 Å². The third-order valence-corrected chi connectivity index (χ3v) is 2.96. The quantitative estimate of drug-likeness (QED) is 0.617. The average Bonchev–Trinajstić information content (AvgIpc) is 2.19. The third-order valence-electron chi connectivity index (χ3n) is 2.96. The zero-order valence-electron chi connectivity index (χ0n) is 9.83. The Kier molecular flexibility index (Phi) is 5.45. The maximum Gasteiger partial charge on any atom is 0.0474 e. The summed E-state index contributed by atoms with van der Waals surface area (Å²) in [5, 5.41) is 0. The van der Waals surface area contributed by atoms with Crippen LogP contribution in [0, 0.1) is 0 Å². The van der Waals surface area contributed by atoms with Crippen LogP contribution in [0.2, 0.25) is 0 Å². The molecule has 1 aliphatic rings. The molecule has 3 nitrogen and oxygen atoms in total. The summed E-state index contributed by atoms with van der Waals surface area (Å²) < 4.78 is 5.06. The minimum atomic E-state index is 0.705. The van der Waals surface area contributed by atoms with Crippen molar-refractivity contribution in [3.05, 3.63) is 0 Å². The van der Waals surface area contributed by atoms with E-state index in [-0.39, 0.29) is 0 Å². The fourth-order valence-electron chi connectivity index (χ4n) is 1.94. The van der Waals surface area contributed by atoms with Gasteiger partial charge >= 0.3 is 0 Å². The monoisotopic (exact) mass is 200 g/mol. The van der Waals surface area contributed by atoms with Crippen molar-refractivity contribution in [2.24, 2.45) is 0 Å². The summed E-state index contributed by atoms with van der Waals surface area (Å²) in [5.74, 6) is 0. The number of rotatable bonds is 5. The molecule has 0 saturated carbocycles. The molecule has 0 amide bonds. The van der Waals surface area contributed by atoms with Gasteiger partial charge in [0.2, 0.25) is 0 Å². The van der Waals surface area contributed by atoms with E-state index in [9.17, 15) is 0 Å². The molecule has 1 aliphatic heterocycles. The van der Waals surface area contributed by atoms with Gasteiger partial charge in [-0.1, -0.05) is 0 Å². The van der Waals surface area contributed by atoms with E-state index in [1.165, 1.54) is 32.7 Å². The van der Waals surface area contributed by atoms with Crippen LogP contribution in [0.5, 0.6) is 0 Å². The Morgan fingerprint density at radius 3 is 2.29 bits per heavy atom. The first-order valence-electron chi connectivity index (χ1n) is 5.69. The van der Waals surface area contributed by atoms with E-state index >= 15 is 0 Å². The first-order valence-corrected chi connectivity index (χ1v) is 5.69. The first-order chi connectivity index (χ1) is 6.74. The number of hydrogen-bond acceptors (Lipinski definition) is 3. The Morgan fingerprint density at radius 2 is 1.79 bits per heavy atom. The Hall–Kier alpha value is -0.120. The SMILES string of the molecule is COCCCN1CCN(C(C)C)CC1. The van der Waals surface area contributed by atoms with Crippen molar-refractivity contribution in [2.75, 3.05) is 46.4 Å². The molecule has 0 N–H and O–H groups in total. The number of piperazine rings is 1. The highest BCUT2D eigenvalue weighted by Crippen LogP contribution is 2.05. The van der Waals surface area contributed by atoms with E-state index in [0.717, 1.165) is 13.0 Å². The predicted octanol–water partition coefficient (Wildman–Crippen LogP) is 1.05. The summed E-state index contributed by atoms with van der Waals surface area (Å²) in [6, 6.07) is 0.705. The number of ether oxygens (including phenoxy) is 1. The summed E-state index contributed by atoms with van der Waals surface area (Å²) in [4.78, 5) is 5.09. The lowest BCUT2D eigenvalue weighted by Gasteiger charge is -2.36. The molecule has 3 heteroatoms. The minimum Gasteiger partial charge on any atom is -0.385 e. The molecule has 1 fully saturated rings. The van der Waals surface area contributed by atoms with E-state index in [4.69, 9.17) is 4.74 Å². The number of methoxy groups -OCH3 is 1. The molecule has 84 valence electrons. The minimum absolute atomic E-state index is 0.705. The van der Waals surface area contributed by atoms with Crippen molar-refractivity contribution in [1.29, 1.82) is 0 Å². The van der Waals surface area contributed by atoms with Crippen molar-refractivity contribution in [3.8, 4) is 0 Å². The Bertz CT molecular complexity index is 142. The van der Waals surface area contributed by atoms with E-state index in [0.29, 0.717) is 6.04 Å². The van der Waals surface area contributed by atoms with Crippen LogP contribution >= 0.6 is 0 Å². The van der Waals surface area contributed by atoms with Gasteiger partial charge in [0.05, 0.1) is 0 Å². The molecule has 0 spiro atoms. The van der Waals surface area contributed by atoms with Crippen molar-refractivity contribution in [2.45, 2.75) is 26.3 Å². The summed E-state index contributed by atoms with van der Waals surface area (Å²) in [6.45, 7) is 11.5. The Morgan fingerprint density at radius 1 is 1.14 bits per heavy atom. The van der Waals surface area contributed by atoms with Crippen LogP contribution in [-0.2, 0) is 4.74 Å². The van der Waals surface area contributed by atoms with Gasteiger partial charge in [0.1, 0.15) is 0 Å². The molecule has 0 unspecified atom stereocenters. The van der Waals surface area contributed by atoms with Gasteiger partial charge in [-0.3, -0.25) is 4.90 Å². The van der Waals surface area contributed by atoms with Gasteiger partial charge in [0.15, 0.2) is 0 Å². The molecule has 0 atom stereocenters.